The lowest BCUT2D eigenvalue weighted by molar-refractivity contribution is 0.285. The average molecular weight is 297 g/mol. The van der Waals surface area contributed by atoms with E-state index in [1.165, 1.54) is 0 Å². The fraction of sp³-hybridized carbons (Fsp3) is 0.364. The van der Waals surface area contributed by atoms with Crippen LogP contribution in [0.2, 0.25) is 0 Å². The highest BCUT2D eigenvalue weighted by Gasteiger charge is 2.04. The van der Waals surface area contributed by atoms with Gasteiger partial charge in [0, 0.05) is 17.2 Å². The normalized spacial score (nSPS) is 10.5. The smallest absolute Gasteiger partial charge is 0.164 e. The molecule has 0 N–H and O–H groups in total. The Hall–Kier alpha value is -1.43. The summed E-state index contributed by atoms with van der Waals surface area (Å²) < 4.78 is 8.35. The quantitative estimate of drug-likeness (QED) is 0.850. The minimum absolute atomic E-state index is 0.401. The Balaban J connectivity index is 1.99. The Bertz CT molecular complexity index is 486. The number of pyridine rings is 1. The van der Waals surface area contributed by atoms with Crippen LogP contribution < -0.4 is 4.74 Å². The van der Waals surface area contributed by atoms with Crippen LogP contribution >= 0.6 is 15.9 Å². The van der Waals surface area contributed by atoms with E-state index in [1.54, 1.807) is 18.7 Å². The van der Waals surface area contributed by atoms with Gasteiger partial charge in [-0.15, -0.1) is 0 Å². The molecule has 0 aliphatic carbocycles. The van der Waals surface area contributed by atoms with Crippen LogP contribution in [0, 0.1) is 0 Å². The molecule has 5 nitrogen and oxygen atoms in total. The number of nitrogens with zero attached hydrogens (tertiary/aromatic N) is 4. The predicted octanol–water partition coefficient (Wildman–Crippen LogP) is 2.42. The Labute approximate surface area is 108 Å². The topological polar surface area (TPSA) is 52.8 Å². The van der Waals surface area contributed by atoms with Gasteiger partial charge >= 0.3 is 0 Å². The van der Waals surface area contributed by atoms with E-state index in [0.717, 1.165) is 23.3 Å². The highest BCUT2D eigenvalue weighted by molar-refractivity contribution is 9.10. The van der Waals surface area contributed by atoms with Crippen LogP contribution in [0.5, 0.6) is 5.75 Å². The number of hydrogen-bond acceptors (Lipinski definition) is 4. The van der Waals surface area contributed by atoms with Gasteiger partial charge in [-0.3, -0.25) is 4.98 Å². The lowest BCUT2D eigenvalue weighted by Crippen LogP contribution is -2.08. The number of aryl methyl sites for hydroxylation is 1. The van der Waals surface area contributed by atoms with Gasteiger partial charge in [-0.1, -0.05) is 6.92 Å². The molecule has 2 heterocycles. The third-order valence-corrected chi connectivity index (χ3v) is 2.61. The molecule has 0 bridgehead atoms. The molecule has 0 radical (unpaired) electrons. The second-order valence-electron chi connectivity index (χ2n) is 3.53. The molecule has 0 atom stereocenters. The van der Waals surface area contributed by atoms with E-state index in [-0.39, 0.29) is 0 Å². The maximum absolute atomic E-state index is 5.60. The number of hydrogen-bond donors (Lipinski definition) is 0. The van der Waals surface area contributed by atoms with Crippen LogP contribution in [-0.4, -0.2) is 19.7 Å². The van der Waals surface area contributed by atoms with Gasteiger partial charge in [0.1, 0.15) is 18.7 Å². The van der Waals surface area contributed by atoms with Crippen molar-refractivity contribution in [1.82, 2.24) is 19.7 Å². The van der Waals surface area contributed by atoms with Crippen molar-refractivity contribution in [1.29, 1.82) is 0 Å². The standard InChI is InChI=1S/C11H13BrN4O/c1-2-3-16-11(14-8-15-16)7-17-10-4-9(12)5-13-6-10/h4-6,8H,2-3,7H2,1H3. The first-order valence-corrected chi connectivity index (χ1v) is 6.19. The van der Waals surface area contributed by atoms with Gasteiger partial charge in [-0.25, -0.2) is 9.67 Å². The SMILES string of the molecule is CCCn1ncnc1COc1cncc(Br)c1. The van der Waals surface area contributed by atoms with Gasteiger partial charge in [-0.05, 0) is 28.4 Å². The molecule has 0 aliphatic heterocycles. The minimum atomic E-state index is 0.401. The summed E-state index contributed by atoms with van der Waals surface area (Å²) in [5.41, 5.74) is 0. The zero-order chi connectivity index (χ0) is 12.1. The van der Waals surface area contributed by atoms with Crippen LogP contribution in [0.25, 0.3) is 0 Å². The van der Waals surface area contributed by atoms with Crippen LogP contribution in [0.1, 0.15) is 19.2 Å². The fourth-order valence-electron chi connectivity index (χ4n) is 1.42. The summed E-state index contributed by atoms with van der Waals surface area (Å²) in [6.07, 6.45) is 5.96. The molecule has 0 saturated heterocycles. The molecule has 0 aliphatic rings. The molecule has 0 spiro atoms. The van der Waals surface area contributed by atoms with E-state index in [9.17, 15) is 0 Å². The van der Waals surface area contributed by atoms with Crippen molar-refractivity contribution < 1.29 is 4.74 Å². The second-order valence-corrected chi connectivity index (χ2v) is 4.44. The van der Waals surface area contributed by atoms with E-state index >= 15 is 0 Å². The molecule has 6 heteroatoms. The summed E-state index contributed by atoms with van der Waals surface area (Å²) in [7, 11) is 0. The van der Waals surface area contributed by atoms with Crippen molar-refractivity contribution in [3.05, 3.63) is 35.1 Å². The molecule has 0 aromatic carbocycles. The van der Waals surface area contributed by atoms with Crippen LogP contribution in [-0.2, 0) is 13.2 Å². The highest BCUT2D eigenvalue weighted by atomic mass is 79.9. The number of ether oxygens (including phenoxy) is 1. The summed E-state index contributed by atoms with van der Waals surface area (Å²) in [5, 5.41) is 4.14. The van der Waals surface area contributed by atoms with Crippen LogP contribution in [0.3, 0.4) is 0 Å². The molecule has 0 fully saturated rings. The summed E-state index contributed by atoms with van der Waals surface area (Å²) in [5.74, 6) is 1.54. The van der Waals surface area contributed by atoms with Gasteiger partial charge in [0.25, 0.3) is 0 Å². The molecule has 2 aromatic rings. The van der Waals surface area contributed by atoms with Gasteiger partial charge in [-0.2, -0.15) is 5.10 Å². The van der Waals surface area contributed by atoms with Crippen molar-refractivity contribution in [2.75, 3.05) is 0 Å². The summed E-state index contributed by atoms with van der Waals surface area (Å²) in [6, 6.07) is 1.87. The third kappa shape index (κ3) is 3.26. The van der Waals surface area contributed by atoms with Gasteiger partial charge in [0.2, 0.25) is 0 Å². The molecule has 90 valence electrons. The Morgan fingerprint density at radius 2 is 2.29 bits per heavy atom. The van der Waals surface area contributed by atoms with Crippen LogP contribution in [0.4, 0.5) is 0 Å². The van der Waals surface area contributed by atoms with Gasteiger partial charge in [0.15, 0.2) is 5.82 Å². The Kier molecular flexibility index (Phi) is 4.08. The first-order valence-electron chi connectivity index (χ1n) is 5.39. The monoisotopic (exact) mass is 296 g/mol. The van der Waals surface area contributed by atoms with E-state index < -0.39 is 0 Å². The maximum atomic E-state index is 5.60. The van der Waals surface area contributed by atoms with Crippen molar-refractivity contribution in [2.45, 2.75) is 26.5 Å². The molecular weight excluding hydrogens is 284 g/mol. The fourth-order valence-corrected chi connectivity index (χ4v) is 1.76. The number of aromatic nitrogens is 4. The van der Waals surface area contributed by atoms with E-state index in [1.807, 2.05) is 10.7 Å². The summed E-state index contributed by atoms with van der Waals surface area (Å²) in [4.78, 5) is 8.20. The van der Waals surface area contributed by atoms with E-state index in [0.29, 0.717) is 12.4 Å². The molecular formula is C11H13BrN4O. The Morgan fingerprint density at radius 3 is 3.06 bits per heavy atom. The molecule has 17 heavy (non-hydrogen) atoms. The zero-order valence-corrected chi connectivity index (χ0v) is 11.1. The Morgan fingerprint density at radius 1 is 1.41 bits per heavy atom. The van der Waals surface area contributed by atoms with E-state index in [4.69, 9.17) is 4.74 Å². The molecule has 2 aromatic heterocycles. The summed E-state index contributed by atoms with van der Waals surface area (Å²) in [6.45, 7) is 3.36. The van der Waals surface area contributed by atoms with E-state index in [2.05, 4.69) is 37.9 Å². The molecule has 0 amide bonds. The van der Waals surface area contributed by atoms with Crippen molar-refractivity contribution in [2.24, 2.45) is 0 Å². The zero-order valence-electron chi connectivity index (χ0n) is 9.51. The van der Waals surface area contributed by atoms with Gasteiger partial charge < -0.3 is 4.74 Å². The molecule has 0 saturated carbocycles. The van der Waals surface area contributed by atoms with Gasteiger partial charge in [0.05, 0.1) is 6.20 Å². The number of halogens is 1. The highest BCUT2D eigenvalue weighted by Crippen LogP contribution is 2.16. The number of rotatable bonds is 5. The third-order valence-electron chi connectivity index (χ3n) is 2.18. The van der Waals surface area contributed by atoms with Crippen molar-refractivity contribution in [3.63, 3.8) is 0 Å². The predicted molar refractivity (Wildman–Crippen MR) is 66.6 cm³/mol. The lowest BCUT2D eigenvalue weighted by atomic mass is 10.4. The van der Waals surface area contributed by atoms with Crippen LogP contribution in [0.15, 0.2) is 29.3 Å². The maximum Gasteiger partial charge on any atom is 0.164 e. The largest absolute Gasteiger partial charge is 0.484 e. The molecule has 2 rings (SSSR count). The first-order chi connectivity index (χ1) is 8.29. The van der Waals surface area contributed by atoms with Crippen molar-refractivity contribution in [3.8, 4) is 5.75 Å². The summed E-state index contributed by atoms with van der Waals surface area (Å²) >= 11 is 3.34. The van der Waals surface area contributed by atoms with Crippen molar-refractivity contribution >= 4 is 15.9 Å². The lowest BCUT2D eigenvalue weighted by Gasteiger charge is -2.06. The second kappa shape index (κ2) is 5.77. The molecule has 0 unspecified atom stereocenters. The average Bonchev–Trinajstić information content (AvgIpc) is 2.75. The minimum Gasteiger partial charge on any atom is -0.484 e. The first kappa shape index (κ1) is 12.0.